The standard InChI is InChI=1S/2C36H58N2O3S.Ca/c2*1-2-3-4-5-6-7-8-9-10-11-12-13-14-15-16-17-18-19-20-24-27-36-37-34-30-33(42(39,40)41)28-29-35(34)38(36)31-32-25-22-21-23-26-32;/h2*21-23,25-26,28-30,36-37H,2-20,24,27,31H2,1H3,(H,39,40,41);/q;;+2/p-2. The van der Waals surface area contributed by atoms with Gasteiger partial charge in [-0.05, 0) is 73.2 Å². The van der Waals surface area contributed by atoms with Gasteiger partial charge in [-0.3, -0.25) is 0 Å². The van der Waals surface area contributed by atoms with Crippen LogP contribution in [0.15, 0.2) is 107 Å². The molecule has 13 heteroatoms. The fourth-order valence-corrected chi connectivity index (χ4v) is 13.5. The first-order valence-corrected chi connectivity index (χ1v) is 37.1. The van der Waals surface area contributed by atoms with Crippen LogP contribution in [0.2, 0.25) is 0 Å². The second kappa shape index (κ2) is 45.4. The fraction of sp³-hybridized carbons (Fsp3) is 0.667. The molecule has 4 aromatic carbocycles. The Balaban J connectivity index is 0.000000360. The molecule has 85 heavy (non-hydrogen) atoms. The van der Waals surface area contributed by atoms with Crippen LogP contribution in [0.3, 0.4) is 0 Å². The average molecular weight is 1240 g/mol. The summed E-state index contributed by atoms with van der Waals surface area (Å²) in [6.45, 7) is 6.06. The molecule has 0 saturated carbocycles. The third-order valence-corrected chi connectivity index (χ3v) is 19.2. The van der Waals surface area contributed by atoms with Crippen LogP contribution in [0.4, 0.5) is 22.7 Å². The summed E-state index contributed by atoms with van der Waals surface area (Å²) in [6, 6.07) is 30.1. The van der Waals surface area contributed by atoms with E-state index in [1.165, 1.54) is 279 Å². The van der Waals surface area contributed by atoms with Gasteiger partial charge < -0.3 is 29.5 Å². The minimum Gasteiger partial charge on any atom is -0.744 e. The Kier molecular flexibility index (Phi) is 39.9. The molecular weight excluding hydrogens is 1120 g/mol. The van der Waals surface area contributed by atoms with E-state index in [4.69, 9.17) is 0 Å². The summed E-state index contributed by atoms with van der Waals surface area (Å²) in [6.07, 6.45) is 57.2. The molecule has 10 nitrogen and oxygen atoms in total. The molecule has 2 N–H and O–H groups in total. The predicted molar refractivity (Wildman–Crippen MR) is 360 cm³/mol. The van der Waals surface area contributed by atoms with Gasteiger partial charge in [0.15, 0.2) is 0 Å². The number of hydrogen-bond donors (Lipinski definition) is 2. The number of fused-ring (bicyclic) bond motifs is 2. The van der Waals surface area contributed by atoms with E-state index >= 15 is 0 Å². The largest absolute Gasteiger partial charge is 2.00 e. The minimum atomic E-state index is -4.47. The molecule has 2 heterocycles. The smallest absolute Gasteiger partial charge is 0.744 e. The van der Waals surface area contributed by atoms with Crippen molar-refractivity contribution in [3.05, 3.63) is 108 Å². The van der Waals surface area contributed by atoms with E-state index in [-0.39, 0.29) is 59.9 Å². The van der Waals surface area contributed by atoms with Crippen LogP contribution in [0.5, 0.6) is 0 Å². The van der Waals surface area contributed by atoms with Gasteiger partial charge in [0.1, 0.15) is 20.2 Å². The second-order valence-corrected chi connectivity index (χ2v) is 27.6. The third kappa shape index (κ3) is 31.5. The van der Waals surface area contributed by atoms with Gasteiger partial charge in [0, 0.05) is 13.1 Å². The summed E-state index contributed by atoms with van der Waals surface area (Å²) in [5.74, 6) is 0. The zero-order chi connectivity index (χ0) is 59.8. The Morgan fingerprint density at radius 1 is 0.341 bits per heavy atom. The van der Waals surface area contributed by atoms with Crippen molar-refractivity contribution in [2.24, 2.45) is 0 Å². The quantitative estimate of drug-likeness (QED) is 0.0249. The van der Waals surface area contributed by atoms with Gasteiger partial charge in [0.05, 0.1) is 44.9 Å². The van der Waals surface area contributed by atoms with Crippen LogP contribution in [0, 0.1) is 0 Å². The van der Waals surface area contributed by atoms with E-state index in [9.17, 15) is 25.9 Å². The number of nitrogens with zero attached hydrogens (tertiary/aromatic N) is 2. The first-order valence-electron chi connectivity index (χ1n) is 34.3. The van der Waals surface area contributed by atoms with E-state index in [1.54, 1.807) is 12.1 Å². The minimum absolute atomic E-state index is 0. The topological polar surface area (TPSA) is 145 Å². The first kappa shape index (κ1) is 74.6. The van der Waals surface area contributed by atoms with Gasteiger partial charge in [0.25, 0.3) is 0 Å². The Labute approximate surface area is 549 Å². The molecule has 6 rings (SSSR count). The van der Waals surface area contributed by atoms with Crippen molar-refractivity contribution in [1.82, 2.24) is 0 Å². The molecule has 0 aliphatic carbocycles. The molecule has 0 fully saturated rings. The number of nitrogens with one attached hydrogen (secondary N) is 2. The number of hydrogen-bond acceptors (Lipinski definition) is 10. The Morgan fingerprint density at radius 3 is 0.812 bits per heavy atom. The van der Waals surface area contributed by atoms with E-state index < -0.39 is 20.2 Å². The van der Waals surface area contributed by atoms with Crippen LogP contribution < -0.4 is 20.4 Å². The Morgan fingerprint density at radius 2 is 0.576 bits per heavy atom. The van der Waals surface area contributed by atoms with Crippen LogP contribution in [-0.4, -0.2) is 76.0 Å². The first-order chi connectivity index (χ1) is 41.0. The van der Waals surface area contributed by atoms with Crippen molar-refractivity contribution in [2.45, 2.75) is 319 Å². The zero-order valence-electron chi connectivity index (χ0n) is 53.4. The van der Waals surface area contributed by atoms with E-state index in [2.05, 4.69) is 58.5 Å². The van der Waals surface area contributed by atoms with Crippen molar-refractivity contribution in [3.8, 4) is 0 Å². The summed E-state index contributed by atoms with van der Waals surface area (Å²) in [7, 11) is -8.95. The van der Waals surface area contributed by atoms with Crippen LogP contribution in [0.25, 0.3) is 0 Å². The van der Waals surface area contributed by atoms with Gasteiger partial charge in [-0.25, -0.2) is 16.8 Å². The molecule has 0 saturated heterocycles. The van der Waals surface area contributed by atoms with Crippen LogP contribution in [0.1, 0.15) is 295 Å². The molecule has 4 aromatic rings. The van der Waals surface area contributed by atoms with Crippen molar-refractivity contribution in [1.29, 1.82) is 0 Å². The van der Waals surface area contributed by atoms with E-state index in [0.717, 1.165) is 61.5 Å². The maximum absolute atomic E-state index is 11.6. The van der Waals surface area contributed by atoms with Gasteiger partial charge in [-0.15, -0.1) is 0 Å². The fourth-order valence-electron chi connectivity index (χ4n) is 12.5. The number of rotatable bonds is 48. The van der Waals surface area contributed by atoms with Gasteiger partial charge in [-0.1, -0.05) is 319 Å². The Hall–Kier alpha value is -2.84. The molecule has 2 atom stereocenters. The number of benzene rings is 4. The summed E-state index contributed by atoms with van der Waals surface area (Å²) in [5.41, 5.74) is 5.82. The molecule has 2 aliphatic heterocycles. The molecule has 0 radical (unpaired) electrons. The normalized spacial score (nSPS) is 14.5. The summed E-state index contributed by atoms with van der Waals surface area (Å²) in [4.78, 5) is 4.27. The van der Waals surface area contributed by atoms with Crippen molar-refractivity contribution >= 4 is 80.7 Å². The second-order valence-electron chi connectivity index (χ2n) is 24.8. The van der Waals surface area contributed by atoms with Crippen LogP contribution >= 0.6 is 0 Å². The average Bonchev–Trinajstić information content (AvgIpc) is 2.66. The SMILES string of the molecule is CCCCCCCCCCCCCCCCCCCCCCC1Nc2cc(S(=O)(=O)[O-])ccc2N1Cc1ccccc1.CCCCCCCCCCCCCCCCCCCCCCC1Nc2cc(S(=O)(=O)[O-])ccc2N1Cc1ccccc1.[Ca+2]. The summed E-state index contributed by atoms with van der Waals surface area (Å²) in [5, 5.41) is 7.00. The van der Waals surface area contributed by atoms with Crippen molar-refractivity contribution < 1.29 is 25.9 Å². The van der Waals surface area contributed by atoms with Gasteiger partial charge in [0.2, 0.25) is 0 Å². The molecule has 472 valence electrons. The Bertz CT molecular complexity index is 2360. The molecule has 2 unspecified atom stereocenters. The molecule has 2 aliphatic rings. The van der Waals surface area contributed by atoms with Gasteiger partial charge >= 0.3 is 37.7 Å². The van der Waals surface area contributed by atoms with Gasteiger partial charge in [-0.2, -0.15) is 0 Å². The molecule has 0 bridgehead atoms. The summed E-state index contributed by atoms with van der Waals surface area (Å²) >= 11 is 0. The van der Waals surface area contributed by atoms with E-state index in [0.29, 0.717) is 0 Å². The zero-order valence-corrected chi connectivity index (χ0v) is 57.2. The number of unbranched alkanes of at least 4 members (excludes halogenated alkanes) is 38. The molecule has 0 aromatic heterocycles. The number of anilines is 4. The molecule has 0 spiro atoms. The van der Waals surface area contributed by atoms with Crippen molar-refractivity contribution in [3.63, 3.8) is 0 Å². The summed E-state index contributed by atoms with van der Waals surface area (Å²) < 4.78 is 69.3. The molecule has 0 amide bonds. The van der Waals surface area contributed by atoms with Crippen LogP contribution in [-0.2, 0) is 33.3 Å². The third-order valence-electron chi connectivity index (χ3n) is 17.6. The van der Waals surface area contributed by atoms with Crippen molar-refractivity contribution in [2.75, 3.05) is 20.4 Å². The predicted octanol–water partition coefficient (Wildman–Crippen LogP) is 20.7. The maximum atomic E-state index is 11.6. The molecular formula is C72H114CaN4O6S2. The monoisotopic (exact) mass is 1230 g/mol. The van der Waals surface area contributed by atoms with E-state index in [1.807, 2.05) is 36.4 Å². The maximum Gasteiger partial charge on any atom is 2.00 e.